The summed E-state index contributed by atoms with van der Waals surface area (Å²) in [4.78, 5) is 41.9. The highest BCUT2D eigenvalue weighted by atomic mass is 35.5. The molecule has 3 aromatic rings. The summed E-state index contributed by atoms with van der Waals surface area (Å²) < 4.78 is 15.0. The van der Waals surface area contributed by atoms with Crippen molar-refractivity contribution in [1.82, 2.24) is 14.9 Å². The monoisotopic (exact) mass is 434 g/mol. The maximum absolute atomic E-state index is 14.2. The van der Waals surface area contributed by atoms with E-state index in [1.807, 2.05) is 13.0 Å². The molecule has 0 fully saturated rings. The molecule has 2 aromatic heterocycles. The third kappa shape index (κ3) is 4.52. The van der Waals surface area contributed by atoms with Crippen molar-refractivity contribution in [2.45, 2.75) is 13.1 Å². The number of ketones is 1. The second-order valence-electron chi connectivity index (χ2n) is 6.12. The molecule has 0 radical (unpaired) electrons. The molecule has 1 aromatic carbocycles. The van der Waals surface area contributed by atoms with E-state index in [1.165, 1.54) is 13.1 Å². The van der Waals surface area contributed by atoms with Gasteiger partial charge in [0.05, 0.1) is 16.1 Å². The van der Waals surface area contributed by atoms with Crippen molar-refractivity contribution in [3.63, 3.8) is 0 Å². The van der Waals surface area contributed by atoms with Gasteiger partial charge in [-0.2, -0.15) is 4.98 Å². The van der Waals surface area contributed by atoms with Crippen LogP contribution in [0.5, 0.6) is 0 Å². The highest BCUT2D eigenvalue weighted by Crippen LogP contribution is 2.23. The maximum atomic E-state index is 14.2. The topological polar surface area (TPSA) is 93.1 Å². The summed E-state index contributed by atoms with van der Waals surface area (Å²) in [6.45, 7) is 1.81. The van der Waals surface area contributed by atoms with Crippen LogP contribution in [0.1, 0.15) is 31.8 Å². The van der Waals surface area contributed by atoms with Gasteiger partial charge in [-0.15, -0.1) is 11.3 Å². The fourth-order valence-corrected chi connectivity index (χ4v) is 3.68. The fraction of sp³-hybridized carbons (Fsp3) is 0.158. The van der Waals surface area contributed by atoms with Gasteiger partial charge in [0.15, 0.2) is 17.8 Å². The minimum Gasteiger partial charge on any atom is -0.370 e. The zero-order valence-electron chi connectivity index (χ0n) is 15.4. The summed E-state index contributed by atoms with van der Waals surface area (Å²) in [5.74, 6) is -2.33. The lowest BCUT2D eigenvalue weighted by atomic mass is 10.1. The van der Waals surface area contributed by atoms with Crippen LogP contribution in [0.2, 0.25) is 5.02 Å². The van der Waals surface area contributed by atoms with Crippen molar-refractivity contribution in [3.05, 3.63) is 79.2 Å². The zero-order valence-corrected chi connectivity index (χ0v) is 17.0. The minimum atomic E-state index is -1.50. The largest absolute Gasteiger partial charge is 0.370 e. The second kappa shape index (κ2) is 8.54. The second-order valence-corrected chi connectivity index (χ2v) is 7.46. The number of aromatic nitrogens is 2. The smallest absolute Gasteiger partial charge is 0.351 e. The number of carbonyl (C=O) groups is 2. The van der Waals surface area contributed by atoms with E-state index in [0.29, 0.717) is 10.6 Å². The molecule has 10 heteroatoms. The molecule has 0 spiro atoms. The highest BCUT2D eigenvalue weighted by molar-refractivity contribution is 7.12. The molecular weight excluding hydrogens is 419 g/mol. The summed E-state index contributed by atoms with van der Waals surface area (Å²) >= 11 is 6.94. The Bertz CT molecular complexity index is 1140. The van der Waals surface area contributed by atoms with E-state index in [4.69, 9.17) is 11.6 Å². The molecule has 1 unspecified atom stereocenters. The van der Waals surface area contributed by atoms with Crippen molar-refractivity contribution in [2.75, 3.05) is 12.4 Å². The Morgan fingerprint density at radius 2 is 2.07 bits per heavy atom. The number of hydrogen-bond acceptors (Lipinski definition) is 6. The van der Waals surface area contributed by atoms with Crippen LogP contribution in [0.4, 0.5) is 10.2 Å². The van der Waals surface area contributed by atoms with Crippen LogP contribution < -0.4 is 16.3 Å². The molecule has 1 atom stereocenters. The lowest BCUT2D eigenvalue weighted by Gasteiger charge is -2.20. The molecule has 2 N–H and O–H groups in total. The Hall–Kier alpha value is -3.04. The van der Waals surface area contributed by atoms with Crippen LogP contribution in [0.3, 0.4) is 0 Å². The van der Waals surface area contributed by atoms with Crippen LogP contribution in [-0.4, -0.2) is 28.3 Å². The van der Waals surface area contributed by atoms with Crippen LogP contribution >= 0.6 is 22.9 Å². The first-order chi connectivity index (χ1) is 13.8. The molecule has 0 saturated carbocycles. The number of hydrogen-bond donors (Lipinski definition) is 2. The molecule has 0 aliphatic heterocycles. The van der Waals surface area contributed by atoms with Crippen LogP contribution in [0, 0.1) is 12.7 Å². The summed E-state index contributed by atoms with van der Waals surface area (Å²) in [6.07, 6.45) is -0.673. The van der Waals surface area contributed by atoms with E-state index in [2.05, 4.69) is 15.6 Å². The van der Waals surface area contributed by atoms with Gasteiger partial charge in [-0.1, -0.05) is 29.3 Å². The van der Waals surface area contributed by atoms with Crippen LogP contribution in [0.15, 0.2) is 46.7 Å². The number of nitrogens with one attached hydrogen (secondary N) is 2. The molecule has 2 heterocycles. The Balaban J connectivity index is 2.05. The van der Waals surface area contributed by atoms with Gasteiger partial charge >= 0.3 is 5.69 Å². The molecule has 0 bridgehead atoms. The van der Waals surface area contributed by atoms with Gasteiger partial charge in [-0.05, 0) is 25.1 Å². The lowest BCUT2D eigenvalue weighted by molar-refractivity contribution is 0.0814. The summed E-state index contributed by atoms with van der Waals surface area (Å²) in [5, 5.41) is 6.83. The number of anilines is 1. The Morgan fingerprint density at radius 1 is 1.31 bits per heavy atom. The Labute approximate surface area is 174 Å². The SMILES string of the molecule is CNc1nc(=O)n(C(NC(=O)c2cccc(C)c2)C(=O)c2cc(Cl)cs2)cc1F. The predicted molar refractivity (Wildman–Crippen MR) is 109 cm³/mol. The van der Waals surface area contributed by atoms with Crippen molar-refractivity contribution < 1.29 is 14.0 Å². The quantitative estimate of drug-likeness (QED) is 0.581. The van der Waals surface area contributed by atoms with Gasteiger partial charge in [0.1, 0.15) is 0 Å². The Morgan fingerprint density at radius 3 is 2.69 bits per heavy atom. The normalized spacial score (nSPS) is 11.7. The molecule has 150 valence electrons. The van der Waals surface area contributed by atoms with E-state index in [-0.39, 0.29) is 10.7 Å². The summed E-state index contributed by atoms with van der Waals surface area (Å²) in [7, 11) is 1.41. The molecule has 7 nitrogen and oxygen atoms in total. The van der Waals surface area contributed by atoms with E-state index >= 15 is 0 Å². The highest BCUT2D eigenvalue weighted by Gasteiger charge is 2.28. The lowest BCUT2D eigenvalue weighted by Crippen LogP contribution is -2.43. The number of amides is 1. The summed E-state index contributed by atoms with van der Waals surface area (Å²) in [6, 6.07) is 8.11. The number of Topliss-reactive ketones (excluding diaryl/α,β-unsaturated/α-hetero) is 1. The predicted octanol–water partition coefficient (Wildman–Crippen LogP) is 3.26. The number of halogens is 2. The maximum Gasteiger partial charge on any atom is 0.351 e. The van der Waals surface area contributed by atoms with Gasteiger partial charge in [-0.25, -0.2) is 9.18 Å². The van der Waals surface area contributed by atoms with Crippen LogP contribution in [-0.2, 0) is 0 Å². The van der Waals surface area contributed by atoms with Crippen molar-refractivity contribution in [1.29, 1.82) is 0 Å². The van der Waals surface area contributed by atoms with Gasteiger partial charge < -0.3 is 10.6 Å². The van der Waals surface area contributed by atoms with E-state index in [1.54, 1.807) is 23.6 Å². The molecule has 1 amide bonds. The Kier molecular flexibility index (Phi) is 6.09. The zero-order chi connectivity index (χ0) is 21.1. The first-order valence-corrected chi connectivity index (χ1v) is 9.68. The number of nitrogens with zero attached hydrogens (tertiary/aromatic N) is 2. The van der Waals surface area contributed by atoms with E-state index < -0.39 is 29.4 Å². The van der Waals surface area contributed by atoms with E-state index in [0.717, 1.165) is 27.7 Å². The number of thiophene rings is 1. The number of carbonyl (C=O) groups excluding carboxylic acids is 2. The standard InChI is InChI=1S/C19H16ClFN4O3S/c1-10-4-3-5-11(6-10)18(27)24-17(15(26)14-7-12(20)9-29-14)25-8-13(21)16(22-2)23-19(25)28/h3-9,17H,1-2H3,(H,24,27)(H,22,23,28). The van der Waals surface area contributed by atoms with Crippen molar-refractivity contribution >= 4 is 40.4 Å². The average Bonchev–Trinajstić information content (AvgIpc) is 3.13. The first kappa shape index (κ1) is 20.7. The van der Waals surface area contributed by atoms with Gasteiger partial charge in [-0.3, -0.25) is 14.2 Å². The molecule has 0 aliphatic carbocycles. The fourth-order valence-electron chi connectivity index (χ4n) is 2.64. The minimum absolute atomic E-state index is 0.203. The summed E-state index contributed by atoms with van der Waals surface area (Å²) in [5.41, 5.74) is 0.232. The van der Waals surface area contributed by atoms with Gasteiger partial charge in [0.25, 0.3) is 5.91 Å². The third-order valence-corrected chi connectivity index (χ3v) is 5.32. The van der Waals surface area contributed by atoms with Crippen LogP contribution in [0.25, 0.3) is 0 Å². The first-order valence-electron chi connectivity index (χ1n) is 8.42. The molecule has 3 rings (SSSR count). The van der Waals surface area contributed by atoms with Crippen molar-refractivity contribution in [2.24, 2.45) is 0 Å². The molecule has 0 aliphatic rings. The number of aryl methyl sites for hydroxylation is 1. The molecule has 0 saturated heterocycles. The average molecular weight is 435 g/mol. The van der Waals surface area contributed by atoms with Crippen molar-refractivity contribution in [3.8, 4) is 0 Å². The molecule has 29 heavy (non-hydrogen) atoms. The number of rotatable bonds is 6. The van der Waals surface area contributed by atoms with Gasteiger partial charge in [0.2, 0.25) is 5.78 Å². The number of benzene rings is 1. The third-order valence-electron chi connectivity index (χ3n) is 4.03. The van der Waals surface area contributed by atoms with E-state index in [9.17, 15) is 18.8 Å². The molecular formula is C19H16ClFN4O3S. The van der Waals surface area contributed by atoms with Gasteiger partial charge in [0, 0.05) is 18.0 Å².